The van der Waals surface area contributed by atoms with Crippen LogP contribution in [0.3, 0.4) is 0 Å². The molecule has 0 spiro atoms. The Bertz CT molecular complexity index is 2630. The third kappa shape index (κ3) is 8.19. The van der Waals surface area contributed by atoms with Crippen LogP contribution in [-0.2, 0) is 12.8 Å². The Labute approximate surface area is 393 Å². The van der Waals surface area contributed by atoms with Crippen LogP contribution in [0.4, 0.5) is 0 Å². The molecule has 0 radical (unpaired) electrons. The largest absolute Gasteiger partial charge is 0.485 e. The number of rotatable bonds is 10. The minimum Gasteiger partial charge on any atom is -0.485 e. The summed E-state index contributed by atoms with van der Waals surface area (Å²) in [6, 6.07) is 2.60. The van der Waals surface area contributed by atoms with Crippen LogP contribution < -0.4 is 10.1 Å². The van der Waals surface area contributed by atoms with Crippen molar-refractivity contribution in [3.8, 4) is 5.75 Å². The van der Waals surface area contributed by atoms with E-state index in [4.69, 9.17) is 4.74 Å². The zero-order valence-corrected chi connectivity index (χ0v) is 38.9. The Hall–Kier alpha value is -4.99. The van der Waals surface area contributed by atoms with Gasteiger partial charge >= 0.3 is 0 Å². The minimum atomic E-state index is 0.0821. The average molecular weight is 872 g/mol. The highest BCUT2D eigenvalue weighted by atomic mass is 32.2. The SMILES string of the molecule is C1=CCCC(C2C=CC(CN/C(=C\CC3C=CC(c4cc5c(c6c4CCCC6)OC4C=CC=C(C6=C7SC8C=CCCC8C7=CCC6)C54)=CC3)C3C=CC(C4C=CC=CC4)=CC3)=CC2)=C1. The lowest BCUT2D eigenvalue weighted by atomic mass is 9.74. The maximum atomic E-state index is 7.07. The molecule has 2 aliphatic heterocycles. The van der Waals surface area contributed by atoms with Crippen molar-refractivity contribution in [3.05, 3.63) is 212 Å². The third-order valence-corrected chi connectivity index (χ3v) is 17.9. The lowest BCUT2D eigenvalue weighted by molar-refractivity contribution is 0.262. The van der Waals surface area contributed by atoms with Crippen molar-refractivity contribution < 1.29 is 4.74 Å². The minimum absolute atomic E-state index is 0.0821. The maximum Gasteiger partial charge on any atom is 0.128 e. The first-order valence-corrected chi connectivity index (χ1v) is 26.4. The monoisotopic (exact) mass is 871 g/mol. The molecule has 0 amide bonds. The second-order valence-electron chi connectivity index (χ2n) is 20.3. The van der Waals surface area contributed by atoms with Crippen LogP contribution in [0.1, 0.15) is 112 Å². The van der Waals surface area contributed by atoms with Crippen LogP contribution in [-0.4, -0.2) is 17.9 Å². The van der Waals surface area contributed by atoms with Gasteiger partial charge in [0.15, 0.2) is 0 Å². The number of ether oxygens (including phenoxy) is 1. The normalized spacial score (nSPS) is 31.7. The number of thioether (sulfide) groups is 1. The van der Waals surface area contributed by atoms with Gasteiger partial charge in [0.2, 0.25) is 0 Å². The lowest BCUT2D eigenvalue weighted by Gasteiger charge is -2.28. The van der Waals surface area contributed by atoms with E-state index in [2.05, 4.69) is 163 Å². The van der Waals surface area contributed by atoms with E-state index >= 15 is 0 Å². The van der Waals surface area contributed by atoms with Crippen molar-refractivity contribution >= 4 is 17.3 Å². The van der Waals surface area contributed by atoms with E-state index in [0.717, 1.165) is 64.3 Å². The van der Waals surface area contributed by atoms with E-state index in [0.29, 0.717) is 34.8 Å². The Kier molecular flexibility index (Phi) is 11.7. The fourth-order valence-electron chi connectivity index (χ4n) is 12.8. The highest BCUT2D eigenvalue weighted by Crippen LogP contribution is 2.58. The van der Waals surface area contributed by atoms with Gasteiger partial charge in [-0.1, -0.05) is 139 Å². The first kappa shape index (κ1) is 41.4. The molecule has 330 valence electrons. The topological polar surface area (TPSA) is 21.3 Å². The molecule has 0 saturated carbocycles. The molecule has 12 rings (SSSR count). The summed E-state index contributed by atoms with van der Waals surface area (Å²) in [6.07, 6.45) is 72.8. The van der Waals surface area contributed by atoms with Gasteiger partial charge in [0.05, 0.1) is 5.92 Å². The summed E-state index contributed by atoms with van der Waals surface area (Å²) in [4.78, 5) is 1.60. The number of benzene rings is 1. The first-order valence-electron chi connectivity index (χ1n) is 25.5. The summed E-state index contributed by atoms with van der Waals surface area (Å²) in [6.45, 7) is 0.880. The van der Waals surface area contributed by atoms with Crippen LogP contribution in [0.2, 0.25) is 0 Å². The van der Waals surface area contributed by atoms with E-state index in [1.807, 2.05) is 0 Å². The summed E-state index contributed by atoms with van der Waals surface area (Å²) in [5.74, 6) is 4.09. The molecule has 8 unspecified atom stereocenters. The number of hydrogen-bond acceptors (Lipinski definition) is 3. The van der Waals surface area contributed by atoms with E-state index in [1.165, 1.54) is 89.0 Å². The van der Waals surface area contributed by atoms with Crippen LogP contribution >= 0.6 is 11.8 Å². The molecule has 1 N–H and O–H groups in total. The van der Waals surface area contributed by atoms with Gasteiger partial charge in [-0.2, -0.15) is 0 Å². The Morgan fingerprint density at radius 2 is 1.69 bits per heavy atom. The molecule has 1 saturated heterocycles. The average Bonchev–Trinajstić information content (AvgIpc) is 3.96. The number of nitrogens with one attached hydrogen (secondary N) is 1. The van der Waals surface area contributed by atoms with Crippen LogP contribution in [0, 0.1) is 29.6 Å². The van der Waals surface area contributed by atoms with Gasteiger partial charge in [0, 0.05) is 51.6 Å². The van der Waals surface area contributed by atoms with Gasteiger partial charge < -0.3 is 10.1 Å². The molecule has 3 heteroatoms. The molecule has 2 nitrogen and oxygen atoms in total. The van der Waals surface area contributed by atoms with E-state index in [9.17, 15) is 0 Å². The van der Waals surface area contributed by atoms with Crippen molar-refractivity contribution in [1.29, 1.82) is 0 Å². The molecule has 2 heterocycles. The van der Waals surface area contributed by atoms with Crippen LogP contribution in [0.15, 0.2) is 190 Å². The standard InChI is InChI=1S/C62H65NOS/c1-3-13-43(14-4-1)45-30-27-42(28-31-45)40-63-57(48-36-34-46(35-37-48)44-15-5-2-6-16-44)38-29-41-25-32-47(33-26-41)55-39-56-60-51(20-12-23-58(60)64-61(56)52-19-8-7-17-49(52)55)54-22-11-21-53-50-18-9-10-24-59(50)65-62(53)54/h1-3,5-6,10,12-13,15,20-21,23-25,27-28,30,32-36,38-39,41,44-45,48,50,58-60,63H,4,7-9,11,14,16-19,22,26,29,31,37,40H2/b57-38-. The number of allylic oxidation sites excluding steroid dienone is 25. The van der Waals surface area contributed by atoms with Crippen molar-refractivity contribution in [2.45, 2.75) is 114 Å². The quantitative estimate of drug-likeness (QED) is 0.237. The molecule has 8 atom stereocenters. The predicted octanol–water partition coefficient (Wildman–Crippen LogP) is 15.2. The van der Waals surface area contributed by atoms with Crippen molar-refractivity contribution in [2.75, 3.05) is 6.54 Å². The van der Waals surface area contributed by atoms with Crippen molar-refractivity contribution in [3.63, 3.8) is 0 Å². The summed E-state index contributed by atoms with van der Waals surface area (Å²) in [7, 11) is 0. The lowest BCUT2D eigenvalue weighted by Crippen LogP contribution is -2.23. The van der Waals surface area contributed by atoms with E-state index in [1.54, 1.807) is 27.2 Å². The maximum absolute atomic E-state index is 7.07. The van der Waals surface area contributed by atoms with E-state index < -0.39 is 0 Å². The second kappa shape index (κ2) is 18.4. The first-order chi connectivity index (χ1) is 32.2. The predicted molar refractivity (Wildman–Crippen MR) is 274 cm³/mol. The summed E-state index contributed by atoms with van der Waals surface area (Å²) in [5, 5.41) is 4.60. The molecule has 9 aliphatic carbocycles. The zero-order chi connectivity index (χ0) is 43.1. The van der Waals surface area contributed by atoms with Gasteiger partial charge in [-0.3, -0.25) is 0 Å². The molecule has 0 bridgehead atoms. The molecular weight excluding hydrogens is 807 g/mol. The molecule has 1 aromatic rings. The summed E-state index contributed by atoms with van der Waals surface area (Å²) >= 11 is 2.15. The van der Waals surface area contributed by atoms with Crippen LogP contribution in [0.25, 0.3) is 5.57 Å². The molecule has 11 aliphatic rings. The van der Waals surface area contributed by atoms with Gasteiger partial charge in [-0.05, 0) is 165 Å². The fourth-order valence-corrected chi connectivity index (χ4v) is 14.5. The third-order valence-electron chi connectivity index (χ3n) is 16.4. The highest BCUT2D eigenvalue weighted by Gasteiger charge is 2.44. The summed E-state index contributed by atoms with van der Waals surface area (Å²) in [5.41, 5.74) is 18.0. The van der Waals surface area contributed by atoms with Gasteiger partial charge in [0.25, 0.3) is 0 Å². The Morgan fingerprint density at radius 3 is 2.52 bits per heavy atom. The van der Waals surface area contributed by atoms with Gasteiger partial charge in [-0.25, -0.2) is 0 Å². The second-order valence-corrected chi connectivity index (χ2v) is 21.5. The molecule has 1 fully saturated rings. The molecule has 65 heavy (non-hydrogen) atoms. The molecule has 1 aromatic carbocycles. The van der Waals surface area contributed by atoms with Crippen LogP contribution in [0.5, 0.6) is 5.75 Å². The number of hydrogen-bond donors (Lipinski definition) is 1. The van der Waals surface area contributed by atoms with Gasteiger partial charge in [-0.15, -0.1) is 11.8 Å². The summed E-state index contributed by atoms with van der Waals surface area (Å²) < 4.78 is 7.07. The van der Waals surface area contributed by atoms with Gasteiger partial charge in [0.1, 0.15) is 11.9 Å². The Morgan fingerprint density at radius 1 is 0.723 bits per heavy atom. The smallest absolute Gasteiger partial charge is 0.128 e. The highest BCUT2D eigenvalue weighted by molar-refractivity contribution is 8.04. The van der Waals surface area contributed by atoms with Crippen molar-refractivity contribution in [1.82, 2.24) is 5.32 Å². The molecule has 0 aromatic heterocycles. The molecular formula is C62H65NOS. The van der Waals surface area contributed by atoms with E-state index in [-0.39, 0.29) is 12.0 Å². The fraction of sp³-hybridized carbons (Fsp3) is 0.387. The number of fused-ring (bicyclic) bond motifs is 8. The Balaban J connectivity index is 0.783. The van der Waals surface area contributed by atoms with Crippen molar-refractivity contribution in [2.24, 2.45) is 29.6 Å². The zero-order valence-electron chi connectivity index (χ0n) is 38.1.